The molecule has 10 heteroatoms. The van der Waals surface area contributed by atoms with Crippen molar-refractivity contribution in [1.29, 1.82) is 0 Å². The molecule has 4 rings (SSSR count). The zero-order valence-electron chi connectivity index (χ0n) is 17.9. The molecule has 3 heterocycles. The van der Waals surface area contributed by atoms with E-state index in [4.69, 9.17) is 16.3 Å². The Kier molecular flexibility index (Phi) is 7.71. The molecule has 2 aromatic heterocycles. The average Bonchev–Trinajstić information content (AvgIpc) is 2.78. The first-order valence-electron chi connectivity index (χ1n) is 10.1. The summed E-state index contributed by atoms with van der Waals surface area (Å²) in [7, 11) is 3.10. The number of aryl methyl sites for hydroxylation is 1. The van der Waals surface area contributed by atoms with Crippen LogP contribution in [0.25, 0.3) is 22.2 Å². The highest BCUT2D eigenvalue weighted by atomic mass is 35.5. The summed E-state index contributed by atoms with van der Waals surface area (Å²) in [5.74, 6) is 0.265. The Hall–Kier alpha value is -2.68. The molecule has 0 saturated carbocycles. The predicted octanol–water partition coefficient (Wildman–Crippen LogP) is 3.12. The summed E-state index contributed by atoms with van der Waals surface area (Å²) in [6.07, 6.45) is 3.45. The lowest BCUT2D eigenvalue weighted by Crippen LogP contribution is -2.41. The average molecular weight is 478 g/mol. The van der Waals surface area contributed by atoms with E-state index in [9.17, 15) is 9.59 Å². The highest BCUT2D eigenvalue weighted by Crippen LogP contribution is 2.27. The van der Waals surface area contributed by atoms with Crippen LogP contribution in [0.4, 0.5) is 5.95 Å². The van der Waals surface area contributed by atoms with Gasteiger partial charge in [-0.05, 0) is 25.0 Å². The number of nitrogens with one attached hydrogen (secondary N) is 1. The predicted molar refractivity (Wildman–Crippen MR) is 128 cm³/mol. The maximum absolute atomic E-state index is 13.0. The van der Waals surface area contributed by atoms with Gasteiger partial charge < -0.3 is 10.1 Å². The summed E-state index contributed by atoms with van der Waals surface area (Å²) in [5, 5.41) is 4.65. The number of hydrogen-bond acceptors (Lipinski definition) is 7. The number of carbonyl (C=O) groups is 1. The summed E-state index contributed by atoms with van der Waals surface area (Å²) >= 11 is 6.30. The van der Waals surface area contributed by atoms with Crippen LogP contribution in [0.15, 0.2) is 41.3 Å². The Morgan fingerprint density at radius 1 is 1.25 bits per heavy atom. The molecule has 1 aliphatic rings. The van der Waals surface area contributed by atoms with E-state index >= 15 is 0 Å². The Morgan fingerprint density at radius 2 is 1.97 bits per heavy atom. The summed E-state index contributed by atoms with van der Waals surface area (Å²) in [5.41, 5.74) is 1.60. The zero-order valence-corrected chi connectivity index (χ0v) is 19.4. The molecule has 1 N–H and O–H groups in total. The molecule has 3 aromatic rings. The van der Waals surface area contributed by atoms with E-state index in [1.807, 2.05) is 18.2 Å². The van der Waals surface area contributed by atoms with E-state index in [2.05, 4.69) is 20.2 Å². The number of pyridine rings is 1. The fourth-order valence-electron chi connectivity index (χ4n) is 3.85. The number of ether oxygens (including phenoxy) is 1. The Bertz CT molecular complexity index is 1180. The van der Waals surface area contributed by atoms with Crippen molar-refractivity contribution < 1.29 is 9.53 Å². The van der Waals surface area contributed by atoms with E-state index in [0.717, 1.165) is 31.3 Å². The quantitative estimate of drug-likeness (QED) is 0.564. The van der Waals surface area contributed by atoms with Gasteiger partial charge in [-0.2, -0.15) is 4.98 Å². The third kappa shape index (κ3) is 5.03. The second-order valence-corrected chi connectivity index (χ2v) is 8.05. The Balaban J connectivity index is 0.00000289. The molecular weight excluding hydrogens is 453 g/mol. The second kappa shape index (κ2) is 10.3. The normalized spacial score (nSPS) is 14.7. The number of piperidine rings is 1. The van der Waals surface area contributed by atoms with Crippen LogP contribution in [0.5, 0.6) is 0 Å². The van der Waals surface area contributed by atoms with Crippen molar-refractivity contribution in [2.75, 3.05) is 32.1 Å². The number of nitrogens with zero attached hydrogens (tertiary/aromatic N) is 4. The maximum Gasteiger partial charge on any atom is 0.319 e. The number of aromatic nitrogens is 3. The Morgan fingerprint density at radius 3 is 2.66 bits per heavy atom. The number of methoxy groups -OCH3 is 1. The van der Waals surface area contributed by atoms with E-state index in [1.165, 1.54) is 11.7 Å². The molecule has 1 fully saturated rings. The molecule has 0 amide bonds. The van der Waals surface area contributed by atoms with Crippen LogP contribution < -0.4 is 10.9 Å². The van der Waals surface area contributed by atoms with Crippen molar-refractivity contribution >= 4 is 47.0 Å². The summed E-state index contributed by atoms with van der Waals surface area (Å²) in [6, 6.07) is 9.26. The molecule has 0 radical (unpaired) electrons. The van der Waals surface area contributed by atoms with Crippen LogP contribution in [0.3, 0.4) is 0 Å². The SMILES string of the molecule is COC(=O)CN1CCC(Nc2ncc3cc(-c4ccccc4Cl)c(=O)n(C)c3n2)CC1.Cl. The lowest BCUT2D eigenvalue weighted by atomic mass is 10.1. The number of halogens is 2. The first kappa shape index (κ1) is 24.0. The molecule has 1 aromatic carbocycles. The minimum Gasteiger partial charge on any atom is -0.468 e. The molecule has 170 valence electrons. The number of anilines is 1. The summed E-state index contributed by atoms with van der Waals surface area (Å²) in [6.45, 7) is 1.89. The topological polar surface area (TPSA) is 89.4 Å². The fourth-order valence-corrected chi connectivity index (χ4v) is 4.09. The molecule has 0 atom stereocenters. The third-order valence-electron chi connectivity index (χ3n) is 5.61. The van der Waals surface area contributed by atoms with Crippen LogP contribution in [-0.4, -0.2) is 58.2 Å². The van der Waals surface area contributed by atoms with Crippen LogP contribution in [-0.2, 0) is 16.6 Å². The van der Waals surface area contributed by atoms with Gasteiger partial charge in [0.05, 0.1) is 13.7 Å². The third-order valence-corrected chi connectivity index (χ3v) is 5.94. The van der Waals surface area contributed by atoms with Gasteiger partial charge in [0.25, 0.3) is 5.56 Å². The van der Waals surface area contributed by atoms with E-state index in [0.29, 0.717) is 34.3 Å². The standard InChI is InChI=1S/C22H24ClN5O3.ClH/c1-27-20-14(11-17(21(27)30)16-5-3-4-6-18(16)23)12-24-22(26-20)25-15-7-9-28(10-8-15)13-19(29)31-2;/h3-6,11-12,15H,7-10,13H2,1-2H3,(H,24,25,26);1H. The van der Waals surface area contributed by atoms with E-state index < -0.39 is 0 Å². The van der Waals surface area contributed by atoms with Gasteiger partial charge in [0.2, 0.25) is 5.95 Å². The maximum atomic E-state index is 13.0. The van der Waals surface area contributed by atoms with Crippen molar-refractivity contribution in [2.45, 2.75) is 18.9 Å². The highest BCUT2D eigenvalue weighted by Gasteiger charge is 2.22. The van der Waals surface area contributed by atoms with E-state index in [-0.39, 0.29) is 30.0 Å². The summed E-state index contributed by atoms with van der Waals surface area (Å²) < 4.78 is 6.26. The van der Waals surface area contributed by atoms with Gasteiger partial charge in [0, 0.05) is 53.9 Å². The first-order valence-corrected chi connectivity index (χ1v) is 10.5. The lowest BCUT2D eigenvalue weighted by Gasteiger charge is -2.31. The van der Waals surface area contributed by atoms with Gasteiger partial charge >= 0.3 is 5.97 Å². The van der Waals surface area contributed by atoms with Crippen LogP contribution >= 0.6 is 24.0 Å². The van der Waals surface area contributed by atoms with Crippen LogP contribution in [0, 0.1) is 0 Å². The minimum absolute atomic E-state index is 0. The molecule has 8 nitrogen and oxygen atoms in total. The highest BCUT2D eigenvalue weighted by molar-refractivity contribution is 6.33. The molecular formula is C22H25Cl2N5O3. The van der Waals surface area contributed by atoms with Crippen LogP contribution in [0.1, 0.15) is 12.8 Å². The molecule has 0 bridgehead atoms. The number of hydrogen-bond donors (Lipinski definition) is 1. The molecule has 1 aliphatic heterocycles. The van der Waals surface area contributed by atoms with Crippen molar-refractivity contribution in [1.82, 2.24) is 19.4 Å². The second-order valence-electron chi connectivity index (χ2n) is 7.65. The number of esters is 1. The first-order chi connectivity index (χ1) is 15.0. The number of fused-ring (bicyclic) bond motifs is 1. The lowest BCUT2D eigenvalue weighted by molar-refractivity contribution is -0.142. The monoisotopic (exact) mass is 477 g/mol. The zero-order chi connectivity index (χ0) is 22.0. The molecule has 0 unspecified atom stereocenters. The largest absolute Gasteiger partial charge is 0.468 e. The van der Waals surface area contributed by atoms with Gasteiger partial charge in [0.15, 0.2) is 0 Å². The molecule has 0 aliphatic carbocycles. The number of rotatable bonds is 5. The fraction of sp³-hybridized carbons (Fsp3) is 0.364. The Labute approximate surface area is 197 Å². The summed E-state index contributed by atoms with van der Waals surface area (Å²) in [4.78, 5) is 35.5. The van der Waals surface area contributed by atoms with Crippen molar-refractivity contribution in [2.24, 2.45) is 7.05 Å². The van der Waals surface area contributed by atoms with Gasteiger partial charge in [-0.3, -0.25) is 19.1 Å². The molecule has 32 heavy (non-hydrogen) atoms. The number of carbonyl (C=O) groups excluding carboxylic acids is 1. The molecule has 0 spiro atoms. The van der Waals surface area contributed by atoms with Crippen LogP contribution in [0.2, 0.25) is 5.02 Å². The van der Waals surface area contributed by atoms with Crippen molar-refractivity contribution in [3.8, 4) is 11.1 Å². The number of likely N-dealkylation sites (tertiary alicyclic amines) is 1. The van der Waals surface area contributed by atoms with Crippen molar-refractivity contribution in [3.63, 3.8) is 0 Å². The van der Waals surface area contributed by atoms with Gasteiger partial charge in [-0.1, -0.05) is 29.8 Å². The van der Waals surface area contributed by atoms with Gasteiger partial charge in [0.1, 0.15) is 5.65 Å². The van der Waals surface area contributed by atoms with Crippen molar-refractivity contribution in [3.05, 3.63) is 51.9 Å². The molecule has 1 saturated heterocycles. The number of benzene rings is 1. The van der Waals surface area contributed by atoms with E-state index in [1.54, 1.807) is 25.4 Å². The smallest absolute Gasteiger partial charge is 0.319 e. The van der Waals surface area contributed by atoms with Gasteiger partial charge in [-0.15, -0.1) is 12.4 Å². The minimum atomic E-state index is -0.221. The van der Waals surface area contributed by atoms with Gasteiger partial charge in [-0.25, -0.2) is 4.98 Å².